The van der Waals surface area contributed by atoms with E-state index in [9.17, 15) is 0 Å². The van der Waals surface area contributed by atoms with Gasteiger partial charge in [0.2, 0.25) is 0 Å². The molecule has 1 N–H and O–H groups in total. The van der Waals surface area contributed by atoms with E-state index in [4.69, 9.17) is 0 Å². The molecular weight excluding hydrogens is 248 g/mol. The second kappa shape index (κ2) is 5.43. The standard InChI is InChI=1S/C16H18N4/c1-3-18-16(15-10-20(2)11-19-15)14-9-17-8-12-6-4-5-7-13(12)14/h4-11,16,18H,3H2,1-2H3. The van der Waals surface area contributed by atoms with Crippen LogP contribution in [-0.2, 0) is 7.05 Å². The Labute approximate surface area is 118 Å². The largest absolute Gasteiger partial charge is 0.340 e. The van der Waals surface area contributed by atoms with Gasteiger partial charge >= 0.3 is 0 Å². The second-order valence-electron chi connectivity index (χ2n) is 4.90. The van der Waals surface area contributed by atoms with E-state index in [2.05, 4.69) is 46.6 Å². The summed E-state index contributed by atoms with van der Waals surface area (Å²) >= 11 is 0. The summed E-state index contributed by atoms with van der Waals surface area (Å²) in [6, 6.07) is 8.40. The average Bonchev–Trinajstić information content (AvgIpc) is 2.91. The Morgan fingerprint density at radius 3 is 2.85 bits per heavy atom. The highest BCUT2D eigenvalue weighted by Gasteiger charge is 2.18. The van der Waals surface area contributed by atoms with Crippen LogP contribution in [-0.4, -0.2) is 21.1 Å². The number of nitrogens with one attached hydrogen (secondary N) is 1. The lowest BCUT2D eigenvalue weighted by molar-refractivity contribution is 0.619. The Kier molecular flexibility index (Phi) is 3.48. The number of nitrogens with zero attached hydrogens (tertiary/aromatic N) is 3. The van der Waals surface area contributed by atoms with Crippen LogP contribution in [0.25, 0.3) is 10.8 Å². The minimum absolute atomic E-state index is 0.0693. The summed E-state index contributed by atoms with van der Waals surface area (Å²) in [5, 5.41) is 5.88. The lowest BCUT2D eigenvalue weighted by atomic mass is 9.99. The molecule has 0 radical (unpaired) electrons. The van der Waals surface area contributed by atoms with Crippen molar-refractivity contribution in [3.8, 4) is 0 Å². The Bertz CT molecular complexity index is 712. The molecule has 2 aromatic heterocycles. The van der Waals surface area contributed by atoms with Crippen molar-refractivity contribution >= 4 is 10.8 Å². The highest BCUT2D eigenvalue weighted by Crippen LogP contribution is 2.27. The molecule has 0 bridgehead atoms. The predicted molar refractivity (Wildman–Crippen MR) is 80.5 cm³/mol. The van der Waals surface area contributed by atoms with Crippen molar-refractivity contribution in [3.63, 3.8) is 0 Å². The number of pyridine rings is 1. The molecule has 0 aliphatic rings. The molecule has 0 aliphatic carbocycles. The molecule has 3 aromatic rings. The molecule has 102 valence electrons. The maximum absolute atomic E-state index is 4.49. The first-order chi connectivity index (χ1) is 9.79. The maximum Gasteiger partial charge on any atom is 0.0947 e. The van der Waals surface area contributed by atoms with Crippen molar-refractivity contribution in [3.05, 3.63) is 60.4 Å². The minimum Gasteiger partial charge on any atom is -0.340 e. The third-order valence-electron chi connectivity index (χ3n) is 3.44. The Morgan fingerprint density at radius 1 is 1.25 bits per heavy atom. The van der Waals surface area contributed by atoms with Crippen LogP contribution in [0, 0.1) is 0 Å². The fourth-order valence-corrected chi connectivity index (χ4v) is 2.53. The summed E-state index contributed by atoms with van der Waals surface area (Å²) < 4.78 is 1.97. The summed E-state index contributed by atoms with van der Waals surface area (Å²) in [6.07, 6.45) is 7.72. The van der Waals surface area contributed by atoms with Crippen LogP contribution in [0.4, 0.5) is 0 Å². The zero-order valence-corrected chi connectivity index (χ0v) is 11.7. The number of hydrogen-bond donors (Lipinski definition) is 1. The molecule has 0 saturated carbocycles. The molecule has 0 saturated heterocycles. The van der Waals surface area contributed by atoms with Gasteiger partial charge in [-0.05, 0) is 11.9 Å². The van der Waals surface area contributed by atoms with Crippen LogP contribution in [0.3, 0.4) is 0 Å². The second-order valence-corrected chi connectivity index (χ2v) is 4.90. The van der Waals surface area contributed by atoms with E-state index < -0.39 is 0 Å². The van der Waals surface area contributed by atoms with E-state index in [-0.39, 0.29) is 6.04 Å². The van der Waals surface area contributed by atoms with Crippen LogP contribution in [0.15, 0.2) is 49.2 Å². The van der Waals surface area contributed by atoms with Gasteiger partial charge in [0.25, 0.3) is 0 Å². The summed E-state index contributed by atoms with van der Waals surface area (Å²) in [6.45, 7) is 2.99. The van der Waals surface area contributed by atoms with E-state index in [1.54, 1.807) is 0 Å². The third-order valence-corrected chi connectivity index (χ3v) is 3.44. The number of hydrogen-bond acceptors (Lipinski definition) is 3. The number of benzene rings is 1. The molecule has 0 fully saturated rings. The van der Waals surface area contributed by atoms with Crippen LogP contribution in [0.1, 0.15) is 24.2 Å². The molecule has 0 amide bonds. The molecule has 1 unspecified atom stereocenters. The fraction of sp³-hybridized carbons (Fsp3) is 0.250. The smallest absolute Gasteiger partial charge is 0.0947 e. The van der Waals surface area contributed by atoms with Gasteiger partial charge in [-0.1, -0.05) is 31.2 Å². The molecule has 4 heteroatoms. The maximum atomic E-state index is 4.49. The van der Waals surface area contributed by atoms with Gasteiger partial charge in [-0.25, -0.2) is 4.98 Å². The predicted octanol–water partition coefficient (Wildman–Crippen LogP) is 2.67. The zero-order valence-electron chi connectivity index (χ0n) is 11.7. The monoisotopic (exact) mass is 266 g/mol. The van der Waals surface area contributed by atoms with E-state index in [0.29, 0.717) is 0 Å². The Morgan fingerprint density at radius 2 is 2.10 bits per heavy atom. The molecule has 3 rings (SSSR count). The van der Waals surface area contributed by atoms with E-state index in [1.165, 1.54) is 10.9 Å². The SMILES string of the molecule is CCNC(c1cn(C)cn1)c1cncc2ccccc12. The van der Waals surface area contributed by atoms with Crippen LogP contribution >= 0.6 is 0 Å². The van der Waals surface area contributed by atoms with Crippen LogP contribution in [0.5, 0.6) is 0 Å². The Hall–Kier alpha value is -2.20. The molecule has 0 spiro atoms. The van der Waals surface area contributed by atoms with Crippen molar-refractivity contribution in [2.45, 2.75) is 13.0 Å². The number of rotatable bonds is 4. The average molecular weight is 266 g/mol. The number of imidazole rings is 1. The number of aromatic nitrogens is 3. The first-order valence-electron chi connectivity index (χ1n) is 6.83. The molecule has 1 atom stereocenters. The normalized spacial score (nSPS) is 12.7. The van der Waals surface area contributed by atoms with Gasteiger partial charge in [-0.3, -0.25) is 4.98 Å². The van der Waals surface area contributed by atoms with E-state index in [1.807, 2.05) is 36.4 Å². The zero-order chi connectivity index (χ0) is 13.9. The van der Waals surface area contributed by atoms with Gasteiger partial charge in [0.1, 0.15) is 0 Å². The lowest BCUT2D eigenvalue weighted by Crippen LogP contribution is -2.22. The lowest BCUT2D eigenvalue weighted by Gasteiger charge is -2.17. The molecule has 1 aromatic carbocycles. The first kappa shape index (κ1) is 12.8. The minimum atomic E-state index is 0.0693. The molecule has 20 heavy (non-hydrogen) atoms. The highest BCUT2D eigenvalue weighted by molar-refractivity contribution is 5.85. The fourth-order valence-electron chi connectivity index (χ4n) is 2.53. The van der Waals surface area contributed by atoms with E-state index in [0.717, 1.165) is 17.6 Å². The Balaban J connectivity index is 2.14. The van der Waals surface area contributed by atoms with Gasteiger partial charge in [-0.15, -0.1) is 0 Å². The van der Waals surface area contributed by atoms with Gasteiger partial charge < -0.3 is 9.88 Å². The molecule has 4 nitrogen and oxygen atoms in total. The number of aryl methyl sites for hydroxylation is 1. The summed E-state index contributed by atoms with van der Waals surface area (Å²) in [5.41, 5.74) is 2.19. The first-order valence-corrected chi connectivity index (χ1v) is 6.83. The topological polar surface area (TPSA) is 42.7 Å². The van der Waals surface area contributed by atoms with Gasteiger partial charge in [-0.2, -0.15) is 0 Å². The van der Waals surface area contributed by atoms with Crippen molar-refractivity contribution in [2.24, 2.45) is 7.05 Å². The molecule has 2 heterocycles. The summed E-state index contributed by atoms with van der Waals surface area (Å²) in [5.74, 6) is 0. The summed E-state index contributed by atoms with van der Waals surface area (Å²) in [7, 11) is 1.99. The summed E-state index contributed by atoms with van der Waals surface area (Å²) in [4.78, 5) is 8.86. The van der Waals surface area contributed by atoms with Crippen LogP contribution in [0.2, 0.25) is 0 Å². The third kappa shape index (κ3) is 2.30. The van der Waals surface area contributed by atoms with Gasteiger partial charge in [0.05, 0.1) is 18.1 Å². The highest BCUT2D eigenvalue weighted by atomic mass is 15.0. The van der Waals surface area contributed by atoms with Crippen molar-refractivity contribution in [1.82, 2.24) is 19.9 Å². The number of fused-ring (bicyclic) bond motifs is 1. The van der Waals surface area contributed by atoms with Crippen molar-refractivity contribution in [1.29, 1.82) is 0 Å². The van der Waals surface area contributed by atoms with E-state index >= 15 is 0 Å². The van der Waals surface area contributed by atoms with Crippen molar-refractivity contribution in [2.75, 3.05) is 6.54 Å². The molecule has 0 aliphatic heterocycles. The molecular formula is C16H18N4. The van der Waals surface area contributed by atoms with Crippen LogP contribution < -0.4 is 5.32 Å². The quantitative estimate of drug-likeness (QED) is 0.789. The van der Waals surface area contributed by atoms with Gasteiger partial charge in [0, 0.05) is 36.6 Å². The van der Waals surface area contributed by atoms with Gasteiger partial charge in [0.15, 0.2) is 0 Å². The van der Waals surface area contributed by atoms with Crippen molar-refractivity contribution < 1.29 is 0 Å².